The summed E-state index contributed by atoms with van der Waals surface area (Å²) in [5.74, 6) is 1.60. The standard InChI is InChI=1S/C25H29N7O3/c1-17(33)32-9-8-21-22(16-32)27-23(19-14-26-29(2)15-19)24(28-21)30-10-12-31(13-11-30)25(34)18-4-6-20(35-3)7-5-18/h4-7,14-15H,8-13,16H2,1-3H3. The number of carbonyl (C=O) groups excluding carboxylic acids is 2. The van der Waals surface area contributed by atoms with E-state index in [4.69, 9.17) is 14.7 Å². The third-order valence-corrected chi connectivity index (χ3v) is 6.62. The molecule has 0 bridgehead atoms. The summed E-state index contributed by atoms with van der Waals surface area (Å²) >= 11 is 0. The van der Waals surface area contributed by atoms with Crippen LogP contribution in [0.2, 0.25) is 0 Å². The zero-order valence-electron chi connectivity index (χ0n) is 20.3. The van der Waals surface area contributed by atoms with Gasteiger partial charge < -0.3 is 19.4 Å². The maximum absolute atomic E-state index is 13.0. The van der Waals surface area contributed by atoms with Crippen LogP contribution in [-0.4, -0.2) is 81.2 Å². The van der Waals surface area contributed by atoms with Crippen LogP contribution in [0, 0.1) is 0 Å². The van der Waals surface area contributed by atoms with Crippen molar-refractivity contribution in [3.8, 4) is 17.0 Å². The van der Waals surface area contributed by atoms with Gasteiger partial charge in [0.15, 0.2) is 5.82 Å². The van der Waals surface area contributed by atoms with Gasteiger partial charge in [-0.3, -0.25) is 14.3 Å². The molecule has 0 atom stereocenters. The molecule has 1 fully saturated rings. The molecule has 0 saturated carbocycles. The molecule has 2 amide bonds. The first kappa shape index (κ1) is 22.8. The van der Waals surface area contributed by atoms with Crippen molar-refractivity contribution in [2.24, 2.45) is 7.05 Å². The average molecular weight is 476 g/mol. The summed E-state index contributed by atoms with van der Waals surface area (Å²) in [5, 5.41) is 4.32. The Morgan fingerprint density at radius 3 is 2.31 bits per heavy atom. The molecule has 0 radical (unpaired) electrons. The minimum absolute atomic E-state index is 0.0145. The number of nitrogens with zero attached hydrogens (tertiary/aromatic N) is 7. The Labute approximate surface area is 204 Å². The SMILES string of the molecule is COc1ccc(C(=O)N2CCN(c3nc4c(nc3-c3cnn(C)c3)CN(C(C)=O)CC4)CC2)cc1. The van der Waals surface area contributed by atoms with Gasteiger partial charge in [0.05, 0.1) is 31.2 Å². The van der Waals surface area contributed by atoms with E-state index < -0.39 is 0 Å². The Bertz CT molecular complexity index is 1250. The molecule has 10 nitrogen and oxygen atoms in total. The number of benzene rings is 1. The molecule has 0 spiro atoms. The van der Waals surface area contributed by atoms with Crippen LogP contribution in [0.15, 0.2) is 36.7 Å². The zero-order chi connectivity index (χ0) is 24.5. The lowest BCUT2D eigenvalue weighted by molar-refractivity contribution is -0.129. The van der Waals surface area contributed by atoms with Crippen LogP contribution in [0.25, 0.3) is 11.3 Å². The van der Waals surface area contributed by atoms with E-state index in [1.165, 1.54) is 0 Å². The van der Waals surface area contributed by atoms with Gasteiger partial charge >= 0.3 is 0 Å². The molecule has 1 aromatic carbocycles. The molecule has 1 saturated heterocycles. The lowest BCUT2D eigenvalue weighted by Crippen LogP contribution is -2.49. The Hall–Kier alpha value is -3.95. The summed E-state index contributed by atoms with van der Waals surface area (Å²) in [6.07, 6.45) is 4.39. The summed E-state index contributed by atoms with van der Waals surface area (Å²) in [7, 11) is 3.48. The Balaban J connectivity index is 1.38. The minimum atomic E-state index is 0.0145. The molecule has 2 aromatic heterocycles. The van der Waals surface area contributed by atoms with Crippen LogP contribution in [0.1, 0.15) is 28.7 Å². The van der Waals surface area contributed by atoms with Crippen LogP contribution in [-0.2, 0) is 24.8 Å². The van der Waals surface area contributed by atoms with E-state index in [9.17, 15) is 9.59 Å². The first-order valence-electron chi connectivity index (χ1n) is 11.8. The molecule has 2 aliphatic heterocycles. The fraction of sp³-hybridized carbons (Fsp3) is 0.400. The van der Waals surface area contributed by atoms with Crippen molar-refractivity contribution in [2.45, 2.75) is 19.9 Å². The highest BCUT2D eigenvalue weighted by molar-refractivity contribution is 5.94. The molecule has 10 heteroatoms. The molecule has 3 aromatic rings. The number of methoxy groups -OCH3 is 1. The van der Waals surface area contributed by atoms with Crippen molar-refractivity contribution in [3.63, 3.8) is 0 Å². The lowest BCUT2D eigenvalue weighted by atomic mass is 10.1. The van der Waals surface area contributed by atoms with E-state index in [-0.39, 0.29) is 11.8 Å². The summed E-state index contributed by atoms with van der Waals surface area (Å²) < 4.78 is 6.94. The Kier molecular flexibility index (Phi) is 6.10. The summed E-state index contributed by atoms with van der Waals surface area (Å²) in [4.78, 5) is 40.8. The summed E-state index contributed by atoms with van der Waals surface area (Å²) in [5.41, 5.74) is 4.06. The molecule has 0 aliphatic carbocycles. The molecular formula is C25H29N7O3. The van der Waals surface area contributed by atoms with Crippen LogP contribution in [0.4, 0.5) is 5.82 Å². The topological polar surface area (TPSA) is 96.7 Å². The molecular weight excluding hydrogens is 446 g/mol. The third-order valence-electron chi connectivity index (χ3n) is 6.62. The predicted octanol–water partition coefficient (Wildman–Crippen LogP) is 1.75. The first-order chi connectivity index (χ1) is 16.9. The van der Waals surface area contributed by atoms with Gasteiger partial charge in [-0.25, -0.2) is 9.97 Å². The zero-order valence-corrected chi connectivity index (χ0v) is 20.3. The number of piperazine rings is 1. The van der Waals surface area contributed by atoms with Gasteiger partial charge in [0, 0.05) is 70.4 Å². The second-order valence-corrected chi connectivity index (χ2v) is 8.89. The van der Waals surface area contributed by atoms with Gasteiger partial charge in [-0.15, -0.1) is 0 Å². The second-order valence-electron chi connectivity index (χ2n) is 8.89. The number of aromatic nitrogens is 4. The predicted molar refractivity (Wildman–Crippen MR) is 130 cm³/mol. The van der Waals surface area contributed by atoms with Crippen molar-refractivity contribution >= 4 is 17.6 Å². The van der Waals surface area contributed by atoms with Crippen molar-refractivity contribution in [2.75, 3.05) is 44.7 Å². The third kappa shape index (κ3) is 4.55. The van der Waals surface area contributed by atoms with E-state index in [0.29, 0.717) is 51.3 Å². The van der Waals surface area contributed by atoms with Crippen molar-refractivity contribution in [1.82, 2.24) is 29.5 Å². The van der Waals surface area contributed by atoms with Gasteiger partial charge in [0.1, 0.15) is 11.4 Å². The maximum Gasteiger partial charge on any atom is 0.253 e. The van der Waals surface area contributed by atoms with Crippen molar-refractivity contribution < 1.29 is 14.3 Å². The lowest BCUT2D eigenvalue weighted by Gasteiger charge is -2.37. The molecule has 35 heavy (non-hydrogen) atoms. The normalized spacial score (nSPS) is 15.7. The van der Waals surface area contributed by atoms with Crippen LogP contribution < -0.4 is 9.64 Å². The van der Waals surface area contributed by atoms with Crippen LogP contribution >= 0.6 is 0 Å². The summed E-state index contributed by atoms with van der Waals surface area (Å²) in [6, 6.07) is 7.21. The number of fused-ring (bicyclic) bond motifs is 1. The van der Waals surface area contributed by atoms with Crippen LogP contribution in [0.5, 0.6) is 5.75 Å². The molecule has 4 heterocycles. The Morgan fingerprint density at radius 2 is 1.69 bits per heavy atom. The quantitative estimate of drug-likeness (QED) is 0.567. The highest BCUT2D eigenvalue weighted by Crippen LogP contribution is 2.31. The highest BCUT2D eigenvalue weighted by atomic mass is 16.5. The van der Waals surface area contributed by atoms with Gasteiger partial charge in [-0.05, 0) is 24.3 Å². The van der Waals surface area contributed by atoms with Crippen molar-refractivity contribution in [1.29, 1.82) is 0 Å². The fourth-order valence-corrected chi connectivity index (χ4v) is 4.59. The number of anilines is 1. The van der Waals surface area contributed by atoms with Gasteiger partial charge in [0.2, 0.25) is 5.91 Å². The number of hydrogen-bond donors (Lipinski definition) is 0. The second kappa shape index (κ2) is 9.36. The van der Waals surface area contributed by atoms with Crippen molar-refractivity contribution in [3.05, 3.63) is 53.6 Å². The minimum Gasteiger partial charge on any atom is -0.497 e. The number of ether oxygens (including phenoxy) is 1. The van der Waals surface area contributed by atoms with E-state index >= 15 is 0 Å². The number of rotatable bonds is 4. The highest BCUT2D eigenvalue weighted by Gasteiger charge is 2.29. The van der Waals surface area contributed by atoms with E-state index in [0.717, 1.165) is 34.2 Å². The smallest absolute Gasteiger partial charge is 0.253 e. The molecule has 2 aliphatic rings. The largest absolute Gasteiger partial charge is 0.497 e. The Morgan fingerprint density at radius 1 is 0.943 bits per heavy atom. The number of carbonyl (C=O) groups is 2. The summed E-state index contributed by atoms with van der Waals surface area (Å²) in [6.45, 7) is 5.19. The van der Waals surface area contributed by atoms with Crippen LogP contribution in [0.3, 0.4) is 0 Å². The van der Waals surface area contributed by atoms with Gasteiger partial charge in [-0.1, -0.05) is 0 Å². The molecule has 0 unspecified atom stereocenters. The monoisotopic (exact) mass is 475 g/mol. The first-order valence-corrected chi connectivity index (χ1v) is 11.8. The molecule has 0 N–H and O–H groups in total. The fourth-order valence-electron chi connectivity index (χ4n) is 4.59. The van der Waals surface area contributed by atoms with Gasteiger partial charge in [0.25, 0.3) is 5.91 Å². The molecule has 182 valence electrons. The number of aryl methyl sites for hydroxylation is 1. The average Bonchev–Trinajstić information content (AvgIpc) is 3.33. The van der Waals surface area contributed by atoms with Gasteiger partial charge in [-0.2, -0.15) is 5.10 Å². The van der Waals surface area contributed by atoms with E-state index in [1.54, 1.807) is 54.1 Å². The van der Waals surface area contributed by atoms with E-state index in [2.05, 4.69) is 10.00 Å². The number of amides is 2. The van der Waals surface area contributed by atoms with E-state index in [1.807, 2.05) is 18.1 Å². The molecule has 5 rings (SSSR count). The maximum atomic E-state index is 13.0. The number of hydrogen-bond acceptors (Lipinski definition) is 7.